The molecule has 2 N–H and O–H groups in total. The number of allylic oxidation sites excluding steroid dienone is 12. The lowest BCUT2D eigenvalue weighted by atomic mass is 9.57. The van der Waals surface area contributed by atoms with Crippen LogP contribution in [0.2, 0.25) is 0 Å². The van der Waals surface area contributed by atoms with Gasteiger partial charge in [0.25, 0.3) is 0 Å². The Balaban J connectivity index is 1.19. The van der Waals surface area contributed by atoms with Crippen molar-refractivity contribution in [3.05, 3.63) is 118 Å². The van der Waals surface area contributed by atoms with E-state index in [4.69, 9.17) is 9.97 Å². The van der Waals surface area contributed by atoms with Gasteiger partial charge in [-0.15, -0.1) is 0 Å². The largest absolute Gasteiger partial charge is 0.355 e. The van der Waals surface area contributed by atoms with E-state index in [1.165, 1.54) is 79.5 Å². The van der Waals surface area contributed by atoms with Gasteiger partial charge in [-0.3, -0.25) is 0 Å². The summed E-state index contributed by atoms with van der Waals surface area (Å²) >= 11 is 0. The molecule has 0 spiro atoms. The zero-order valence-electron chi connectivity index (χ0n) is 34.3. The Kier molecular flexibility index (Phi) is 5.81. The van der Waals surface area contributed by atoms with Crippen molar-refractivity contribution in [3.63, 3.8) is 0 Å². The molecule has 0 radical (unpaired) electrons. The van der Waals surface area contributed by atoms with Gasteiger partial charge in [0, 0.05) is 69.4 Å². The predicted octanol–water partition coefficient (Wildman–Crippen LogP) is 12.9. The normalized spacial score (nSPS) is 34.3. The molecule has 16 bridgehead atoms. The Morgan fingerprint density at radius 3 is 1.20 bits per heavy atom. The smallest absolute Gasteiger partial charge is 0.0700 e. The molecule has 56 heavy (non-hydrogen) atoms. The van der Waals surface area contributed by atoms with Gasteiger partial charge in [0.15, 0.2) is 0 Å². The van der Waals surface area contributed by atoms with E-state index in [0.717, 1.165) is 35.6 Å². The van der Waals surface area contributed by atoms with E-state index in [-0.39, 0.29) is 21.7 Å². The van der Waals surface area contributed by atoms with Crippen LogP contribution in [-0.4, -0.2) is 19.9 Å². The second-order valence-corrected chi connectivity index (χ2v) is 22.2. The molecule has 4 heteroatoms. The Bertz CT molecular complexity index is 2760. The summed E-state index contributed by atoms with van der Waals surface area (Å²) in [5, 5.41) is 0. The van der Waals surface area contributed by atoms with Gasteiger partial charge in [0.05, 0.1) is 22.8 Å². The van der Waals surface area contributed by atoms with Gasteiger partial charge >= 0.3 is 0 Å². The Morgan fingerprint density at radius 2 is 0.714 bits per heavy atom. The van der Waals surface area contributed by atoms with Crippen molar-refractivity contribution in [1.29, 1.82) is 0 Å². The van der Waals surface area contributed by atoms with Crippen molar-refractivity contribution in [2.75, 3.05) is 0 Å². The summed E-state index contributed by atoms with van der Waals surface area (Å²) in [4.78, 5) is 19.7. The van der Waals surface area contributed by atoms with Crippen LogP contribution in [0.25, 0.3) is 44.4 Å². The molecule has 17 rings (SSSR count). The van der Waals surface area contributed by atoms with E-state index in [1.807, 2.05) is 0 Å². The average molecular weight is 735 g/mol. The fraction of sp³-hybridized carbons (Fsp3) is 0.462. The molecule has 4 nitrogen and oxygen atoms in total. The third kappa shape index (κ3) is 3.97. The molecule has 0 fully saturated rings. The highest BCUT2D eigenvalue weighted by Crippen LogP contribution is 2.63. The van der Waals surface area contributed by atoms with Gasteiger partial charge in [0.2, 0.25) is 0 Å². The van der Waals surface area contributed by atoms with Crippen molar-refractivity contribution < 1.29 is 0 Å². The summed E-state index contributed by atoms with van der Waals surface area (Å²) < 4.78 is 0. The average Bonchev–Trinajstić information content (AvgIpc) is 3.88. The molecule has 0 saturated carbocycles. The van der Waals surface area contributed by atoms with Crippen LogP contribution in [0.1, 0.15) is 150 Å². The molecule has 14 aliphatic rings. The topological polar surface area (TPSA) is 57.4 Å². The van der Waals surface area contributed by atoms with E-state index in [1.54, 1.807) is 0 Å². The van der Waals surface area contributed by atoms with E-state index in [0.29, 0.717) is 47.3 Å². The molecule has 2 aliphatic heterocycles. The quantitative estimate of drug-likeness (QED) is 0.226. The number of nitrogens with zero attached hydrogens (tertiary/aromatic N) is 2. The third-order valence-electron chi connectivity index (χ3n) is 16.8. The van der Waals surface area contributed by atoms with Gasteiger partial charge in [-0.1, -0.05) is 104 Å². The van der Waals surface area contributed by atoms with E-state index < -0.39 is 0 Å². The van der Waals surface area contributed by atoms with Crippen LogP contribution in [0.15, 0.2) is 72.9 Å². The molecule has 5 heterocycles. The first-order valence-electron chi connectivity index (χ1n) is 21.7. The van der Waals surface area contributed by atoms with Crippen LogP contribution >= 0.6 is 0 Å². The number of rotatable bonds is 0. The van der Waals surface area contributed by atoms with Crippen LogP contribution in [-0.2, 0) is 0 Å². The number of hydrogen-bond donors (Lipinski definition) is 2. The second kappa shape index (κ2) is 9.98. The summed E-state index contributed by atoms with van der Waals surface area (Å²) in [6.45, 7) is 19.8. The number of hydrogen-bond acceptors (Lipinski definition) is 2. The van der Waals surface area contributed by atoms with Crippen molar-refractivity contribution in [2.24, 2.45) is 45.3 Å². The molecular weight excluding hydrogens is 681 g/mol. The third-order valence-corrected chi connectivity index (χ3v) is 16.8. The lowest BCUT2D eigenvalue weighted by Gasteiger charge is -2.45. The molecule has 282 valence electrons. The zero-order chi connectivity index (χ0) is 38.0. The first-order chi connectivity index (χ1) is 26.7. The highest BCUT2D eigenvalue weighted by atomic mass is 14.8. The first-order valence-corrected chi connectivity index (χ1v) is 21.7. The van der Waals surface area contributed by atoms with Gasteiger partial charge in [-0.2, -0.15) is 0 Å². The Hall–Kier alpha value is -4.44. The van der Waals surface area contributed by atoms with Crippen LogP contribution in [0.4, 0.5) is 0 Å². The molecular formula is C52H54N4. The Labute approximate surface area is 331 Å². The van der Waals surface area contributed by atoms with Crippen LogP contribution < -0.4 is 0 Å². The van der Waals surface area contributed by atoms with Crippen molar-refractivity contribution in [3.8, 4) is 0 Å². The van der Waals surface area contributed by atoms with Gasteiger partial charge in [-0.25, -0.2) is 9.97 Å². The second-order valence-electron chi connectivity index (χ2n) is 22.2. The molecule has 8 unspecified atom stereocenters. The minimum atomic E-state index is 0.180. The maximum Gasteiger partial charge on any atom is 0.0700 e. The first kappa shape index (κ1) is 32.6. The van der Waals surface area contributed by atoms with E-state index in [9.17, 15) is 0 Å². The van der Waals surface area contributed by atoms with Crippen LogP contribution in [0, 0.1) is 45.3 Å². The standard InChI is InChI=1S/C52H54N4/c1-49(2)21-25-9-13-29(49)45-37-17-34-42-26-10-14-31(50(3,4)22-26)47(42)39(54-34)19-36-44-28-12-16-32(52(7,8)24-28)48(44)40(56-36)20-35-43-27-11-15-30(51(5,6)23-27)46(43)38(55-35)18-33(53-37)41(25)45/h9-20,25-32,53-54H,21-24H2,1-8H3. The number of aromatic amines is 2. The summed E-state index contributed by atoms with van der Waals surface area (Å²) in [6.07, 6.45) is 24.8. The lowest BCUT2D eigenvalue weighted by Crippen LogP contribution is -2.35. The summed E-state index contributed by atoms with van der Waals surface area (Å²) in [7, 11) is 0. The monoisotopic (exact) mass is 734 g/mol. The molecule has 0 saturated heterocycles. The molecule has 0 amide bonds. The van der Waals surface area contributed by atoms with Gasteiger partial charge < -0.3 is 9.97 Å². The number of fused-ring (bicyclic) bond motifs is 12. The van der Waals surface area contributed by atoms with Gasteiger partial charge in [-0.05, 0) is 116 Å². The molecule has 8 atom stereocenters. The zero-order valence-corrected chi connectivity index (χ0v) is 34.3. The molecule has 12 aliphatic carbocycles. The molecule has 0 aromatic carbocycles. The predicted molar refractivity (Wildman–Crippen MR) is 230 cm³/mol. The van der Waals surface area contributed by atoms with Crippen LogP contribution in [0.5, 0.6) is 0 Å². The van der Waals surface area contributed by atoms with E-state index in [2.05, 4.69) is 138 Å². The number of nitrogens with one attached hydrogen (secondary N) is 2. The van der Waals surface area contributed by atoms with Crippen LogP contribution in [0.3, 0.4) is 0 Å². The highest BCUT2D eigenvalue weighted by molar-refractivity contribution is 6.01. The van der Waals surface area contributed by atoms with Crippen molar-refractivity contribution in [2.45, 2.75) is 105 Å². The lowest BCUT2D eigenvalue weighted by molar-refractivity contribution is 0.243. The summed E-state index contributed by atoms with van der Waals surface area (Å²) in [5.74, 6) is 2.96. The SMILES string of the molecule is CC1(C)CC2C=CC1C1=C2c2cc3[nH]c(cc4[nH]c(cc5nc(cc1n2)C1=C5C2C=CC1CC2(C)C)c1c4C2C=CC1CC2(C)C)c1c3C2C=CC1CC2(C)C. The summed E-state index contributed by atoms with van der Waals surface area (Å²) in [6, 6.07) is 9.87. The maximum absolute atomic E-state index is 5.72. The maximum atomic E-state index is 5.72. The highest BCUT2D eigenvalue weighted by Gasteiger charge is 2.50. The van der Waals surface area contributed by atoms with Crippen molar-refractivity contribution >= 4 is 44.4 Å². The minimum Gasteiger partial charge on any atom is -0.355 e. The van der Waals surface area contributed by atoms with E-state index >= 15 is 0 Å². The molecule has 3 aromatic heterocycles. The minimum absolute atomic E-state index is 0.180. The summed E-state index contributed by atoms with van der Waals surface area (Å²) in [5.41, 5.74) is 22.2. The fourth-order valence-electron chi connectivity index (χ4n) is 14.3. The van der Waals surface area contributed by atoms with Gasteiger partial charge in [0.1, 0.15) is 0 Å². The number of aromatic nitrogens is 4. The Morgan fingerprint density at radius 1 is 0.375 bits per heavy atom. The van der Waals surface area contributed by atoms with Crippen molar-refractivity contribution in [1.82, 2.24) is 19.9 Å². The molecule has 3 aromatic rings. The number of H-pyrrole nitrogens is 2. The fourth-order valence-corrected chi connectivity index (χ4v) is 14.3.